The highest BCUT2D eigenvalue weighted by Gasteiger charge is 2.34. The van der Waals surface area contributed by atoms with Gasteiger partial charge in [-0.25, -0.2) is 4.79 Å². The molecule has 1 unspecified atom stereocenters. The quantitative estimate of drug-likeness (QED) is 0.0548. The molecular formula is C45H75NO5. The Morgan fingerprint density at radius 2 is 0.863 bits per heavy atom. The first kappa shape index (κ1) is 46.1. The molecule has 2 amide bonds. The van der Waals surface area contributed by atoms with Crippen LogP contribution in [0.25, 0.3) is 0 Å². The van der Waals surface area contributed by atoms with Crippen molar-refractivity contribution in [3.05, 3.63) is 54.1 Å². The smallest absolute Gasteiger partial charge is 0.327 e. The number of carboxylic acid groups (broad SMARTS) is 1. The van der Waals surface area contributed by atoms with Gasteiger partial charge in [-0.3, -0.25) is 14.5 Å². The molecule has 2 N–H and O–H groups in total. The first-order valence-corrected chi connectivity index (χ1v) is 21.1. The van der Waals surface area contributed by atoms with E-state index in [1.54, 1.807) is 12.1 Å². The highest BCUT2D eigenvalue weighted by molar-refractivity contribution is 5.99. The van der Waals surface area contributed by atoms with Crippen LogP contribution in [0.2, 0.25) is 0 Å². The zero-order valence-corrected chi connectivity index (χ0v) is 32.8. The van der Waals surface area contributed by atoms with E-state index >= 15 is 0 Å². The lowest BCUT2D eigenvalue weighted by molar-refractivity contribution is -0.158. The average Bonchev–Trinajstić information content (AvgIpc) is 3.12. The number of carboxylic acids is 1. The van der Waals surface area contributed by atoms with Gasteiger partial charge < -0.3 is 10.2 Å². The third-order valence-corrected chi connectivity index (χ3v) is 9.80. The predicted molar refractivity (Wildman–Crippen MR) is 214 cm³/mol. The monoisotopic (exact) mass is 710 g/mol. The second-order valence-corrected chi connectivity index (χ2v) is 14.6. The maximum atomic E-state index is 13.5. The summed E-state index contributed by atoms with van der Waals surface area (Å²) in [6.07, 6.45) is 39.6. The lowest BCUT2D eigenvalue weighted by Crippen LogP contribution is -2.49. The molecule has 0 spiro atoms. The van der Waals surface area contributed by atoms with E-state index in [0.717, 1.165) is 69.1 Å². The van der Waals surface area contributed by atoms with Crippen LogP contribution in [-0.4, -0.2) is 38.9 Å². The van der Waals surface area contributed by atoms with Gasteiger partial charge in [0.25, 0.3) is 0 Å². The van der Waals surface area contributed by atoms with Crippen molar-refractivity contribution >= 4 is 17.8 Å². The van der Waals surface area contributed by atoms with E-state index in [1.807, 2.05) is 0 Å². The number of rotatable bonds is 34. The average molecular weight is 710 g/mol. The van der Waals surface area contributed by atoms with Gasteiger partial charge in [-0.2, -0.15) is 0 Å². The van der Waals surface area contributed by atoms with Crippen molar-refractivity contribution in [2.75, 3.05) is 0 Å². The molecule has 1 aromatic rings. The number of phenolic OH excluding ortho intramolecular Hbond substituents is 1. The number of phenols is 1. The fourth-order valence-corrected chi connectivity index (χ4v) is 6.57. The molecule has 51 heavy (non-hydrogen) atoms. The molecule has 0 aliphatic rings. The lowest BCUT2D eigenvalue weighted by Gasteiger charge is -2.28. The normalized spacial score (nSPS) is 12.2. The minimum atomic E-state index is -1.26. The molecule has 0 aliphatic carbocycles. The molecule has 1 atom stereocenters. The molecule has 0 radical (unpaired) electrons. The molecule has 6 heteroatoms. The van der Waals surface area contributed by atoms with Gasteiger partial charge in [0.05, 0.1) is 0 Å². The number of nitrogens with zero attached hydrogens (tertiary/aromatic N) is 1. The summed E-state index contributed by atoms with van der Waals surface area (Å²) in [5.74, 6) is -1.88. The van der Waals surface area contributed by atoms with Gasteiger partial charge in [-0.15, -0.1) is 0 Å². The number of carbonyl (C=O) groups is 3. The van der Waals surface area contributed by atoms with Crippen LogP contribution in [0.15, 0.2) is 48.6 Å². The number of carbonyl (C=O) groups excluding carboxylic acids is 2. The maximum Gasteiger partial charge on any atom is 0.327 e. The van der Waals surface area contributed by atoms with Gasteiger partial charge in [0, 0.05) is 19.3 Å². The van der Waals surface area contributed by atoms with Crippen molar-refractivity contribution in [1.82, 2.24) is 4.90 Å². The van der Waals surface area contributed by atoms with Gasteiger partial charge in [-0.05, 0) is 81.9 Å². The minimum Gasteiger partial charge on any atom is -0.508 e. The Bertz CT molecular complexity index is 1010. The molecule has 0 bridgehead atoms. The number of unbranched alkanes of at least 4 members (excludes halogenated alkanes) is 22. The first-order valence-electron chi connectivity index (χ1n) is 21.1. The Balaban J connectivity index is 2.46. The summed E-state index contributed by atoms with van der Waals surface area (Å²) in [5.41, 5.74) is 0.660. The molecule has 0 saturated heterocycles. The third-order valence-electron chi connectivity index (χ3n) is 9.80. The Kier molecular flexibility index (Phi) is 29.8. The van der Waals surface area contributed by atoms with Gasteiger partial charge in [0.2, 0.25) is 11.8 Å². The number of imide groups is 1. The van der Waals surface area contributed by atoms with Crippen molar-refractivity contribution in [2.45, 2.75) is 206 Å². The number of amides is 2. The largest absolute Gasteiger partial charge is 0.508 e. The Morgan fingerprint density at radius 3 is 1.22 bits per heavy atom. The van der Waals surface area contributed by atoms with Gasteiger partial charge >= 0.3 is 5.97 Å². The topological polar surface area (TPSA) is 94.9 Å². The van der Waals surface area contributed by atoms with Crippen LogP contribution >= 0.6 is 0 Å². The minimum absolute atomic E-state index is 0.0197. The van der Waals surface area contributed by atoms with E-state index in [2.05, 4.69) is 38.2 Å². The molecule has 6 nitrogen and oxygen atoms in total. The van der Waals surface area contributed by atoms with Gasteiger partial charge in [0.1, 0.15) is 11.8 Å². The highest BCUT2D eigenvalue weighted by atomic mass is 16.4. The van der Waals surface area contributed by atoms with Crippen molar-refractivity contribution in [2.24, 2.45) is 0 Å². The van der Waals surface area contributed by atoms with E-state index in [-0.39, 0.29) is 25.0 Å². The SMILES string of the molecule is CCCCCCCC/C=C\CCCCCCCC(=O)N(C(=O)CCCCCCC/C=C\CCCCCCCC)C(Cc1ccc(O)cc1)C(=O)O. The Hall–Kier alpha value is -2.89. The number of aromatic hydroxyl groups is 1. The highest BCUT2D eigenvalue weighted by Crippen LogP contribution is 2.19. The van der Waals surface area contributed by atoms with Crippen LogP contribution < -0.4 is 0 Å². The summed E-state index contributed by atoms with van der Waals surface area (Å²) in [7, 11) is 0. The Labute approximate surface area is 312 Å². The molecule has 290 valence electrons. The molecule has 0 heterocycles. The van der Waals surface area contributed by atoms with Crippen molar-refractivity contribution in [1.29, 1.82) is 0 Å². The maximum absolute atomic E-state index is 13.5. The molecule has 0 fully saturated rings. The molecule has 1 rings (SSSR count). The number of hydrogen-bond donors (Lipinski definition) is 2. The molecule has 0 aliphatic heterocycles. The second kappa shape index (κ2) is 33.0. The van der Waals surface area contributed by atoms with Crippen LogP contribution in [0.5, 0.6) is 5.75 Å². The van der Waals surface area contributed by atoms with Crippen molar-refractivity contribution in [3.8, 4) is 5.75 Å². The fraction of sp³-hybridized carbons (Fsp3) is 0.711. The molecule has 0 aromatic heterocycles. The first-order chi connectivity index (χ1) is 24.9. The van der Waals surface area contributed by atoms with Crippen LogP contribution in [-0.2, 0) is 20.8 Å². The van der Waals surface area contributed by atoms with E-state index in [4.69, 9.17) is 0 Å². The predicted octanol–water partition coefficient (Wildman–Crippen LogP) is 12.8. The van der Waals surface area contributed by atoms with Crippen LogP contribution in [0.3, 0.4) is 0 Å². The number of hydrogen-bond acceptors (Lipinski definition) is 4. The summed E-state index contributed by atoms with van der Waals surface area (Å²) in [6.45, 7) is 4.50. The van der Waals surface area contributed by atoms with E-state index in [9.17, 15) is 24.6 Å². The molecular weight excluding hydrogens is 634 g/mol. The Morgan fingerprint density at radius 1 is 0.529 bits per heavy atom. The summed E-state index contributed by atoms with van der Waals surface area (Å²) in [5, 5.41) is 19.8. The third kappa shape index (κ3) is 25.7. The standard InChI is InChI=1S/C45H75NO5/c1-3-5-7-9-11-13-15-17-19-21-23-25-27-29-31-33-43(48)46(42(45(50)51)39-40-35-37-41(47)38-36-40)44(49)34-32-30-28-26-24-22-20-18-16-14-12-10-8-6-4-2/h17-20,35-38,42,47H,3-16,21-34,39H2,1-2H3,(H,50,51)/b19-17-,20-18-. The van der Waals surface area contributed by atoms with E-state index in [0.29, 0.717) is 18.4 Å². The number of aliphatic carboxylic acids is 1. The fourth-order valence-electron chi connectivity index (χ4n) is 6.57. The van der Waals surface area contributed by atoms with E-state index in [1.165, 1.54) is 102 Å². The summed E-state index contributed by atoms with van der Waals surface area (Å²) in [4.78, 5) is 40.4. The van der Waals surface area contributed by atoms with Crippen molar-refractivity contribution in [3.63, 3.8) is 0 Å². The summed E-state index contributed by atoms with van der Waals surface area (Å²) in [6, 6.07) is 5.02. The zero-order chi connectivity index (χ0) is 37.2. The van der Waals surface area contributed by atoms with Crippen LogP contribution in [0.4, 0.5) is 0 Å². The van der Waals surface area contributed by atoms with Crippen molar-refractivity contribution < 1.29 is 24.6 Å². The van der Waals surface area contributed by atoms with Crippen LogP contribution in [0, 0.1) is 0 Å². The summed E-state index contributed by atoms with van der Waals surface area (Å²) < 4.78 is 0. The zero-order valence-electron chi connectivity index (χ0n) is 32.8. The van der Waals surface area contributed by atoms with Gasteiger partial charge in [0.15, 0.2) is 0 Å². The van der Waals surface area contributed by atoms with Crippen LogP contribution in [0.1, 0.15) is 199 Å². The number of benzene rings is 1. The number of allylic oxidation sites excluding steroid dienone is 4. The summed E-state index contributed by atoms with van der Waals surface area (Å²) >= 11 is 0. The lowest BCUT2D eigenvalue weighted by atomic mass is 10.0. The molecule has 1 aromatic carbocycles. The molecule has 0 saturated carbocycles. The van der Waals surface area contributed by atoms with Gasteiger partial charge in [-0.1, -0.05) is 153 Å². The van der Waals surface area contributed by atoms with E-state index < -0.39 is 23.8 Å². The second-order valence-electron chi connectivity index (χ2n) is 14.6.